The summed E-state index contributed by atoms with van der Waals surface area (Å²) in [6.45, 7) is 0.580. The Morgan fingerprint density at radius 3 is 2.70 bits per heavy atom. The van der Waals surface area contributed by atoms with Crippen LogP contribution in [0.3, 0.4) is 0 Å². The molecular weight excluding hydrogens is 258 g/mol. The summed E-state index contributed by atoms with van der Waals surface area (Å²) >= 11 is 0. The van der Waals surface area contributed by atoms with Gasteiger partial charge in [-0.2, -0.15) is 0 Å². The highest BCUT2D eigenvalue weighted by molar-refractivity contribution is 6.01. The van der Waals surface area contributed by atoms with E-state index in [9.17, 15) is 9.59 Å². The number of hydrogen-bond acceptors (Lipinski definition) is 5. The van der Waals surface area contributed by atoms with Gasteiger partial charge in [-0.15, -0.1) is 0 Å². The van der Waals surface area contributed by atoms with Crippen LogP contribution in [0.4, 0.5) is 4.79 Å². The van der Waals surface area contributed by atoms with Crippen LogP contribution in [-0.4, -0.2) is 35.9 Å². The lowest BCUT2D eigenvalue weighted by molar-refractivity contribution is -0.114. The zero-order chi connectivity index (χ0) is 14.7. The van der Waals surface area contributed by atoms with E-state index in [0.29, 0.717) is 13.0 Å². The molecule has 2 N–H and O–H groups in total. The summed E-state index contributed by atoms with van der Waals surface area (Å²) in [5.41, 5.74) is 7.64. The van der Waals surface area contributed by atoms with Crippen LogP contribution in [0, 0.1) is 0 Å². The first-order valence-corrected chi connectivity index (χ1v) is 6.31. The molecule has 0 fully saturated rings. The van der Waals surface area contributed by atoms with E-state index < -0.39 is 6.09 Å². The van der Waals surface area contributed by atoms with Crippen molar-refractivity contribution in [3.05, 3.63) is 29.5 Å². The van der Waals surface area contributed by atoms with Gasteiger partial charge in [0.25, 0.3) is 0 Å². The average Bonchev–Trinajstić information content (AvgIpc) is 2.74. The van der Waals surface area contributed by atoms with Crippen LogP contribution in [0.25, 0.3) is 5.57 Å². The van der Waals surface area contributed by atoms with Gasteiger partial charge in [-0.05, 0) is 38.2 Å². The van der Waals surface area contributed by atoms with Crippen LogP contribution in [0.5, 0.6) is 5.88 Å². The fourth-order valence-corrected chi connectivity index (χ4v) is 2.16. The normalized spacial score (nSPS) is 14.6. The van der Waals surface area contributed by atoms with Crippen LogP contribution in [0.1, 0.15) is 24.1 Å². The smallest absolute Gasteiger partial charge is 0.391 e. The topological polar surface area (TPSA) is 85.5 Å². The summed E-state index contributed by atoms with van der Waals surface area (Å²) in [4.78, 5) is 28.4. The molecule has 0 atom stereocenters. The van der Waals surface area contributed by atoms with Crippen LogP contribution in [0.2, 0.25) is 0 Å². The third-order valence-corrected chi connectivity index (χ3v) is 2.94. The van der Waals surface area contributed by atoms with Gasteiger partial charge in [0.2, 0.25) is 5.88 Å². The van der Waals surface area contributed by atoms with E-state index in [1.165, 1.54) is 0 Å². The minimum atomic E-state index is -0.892. The lowest BCUT2D eigenvalue weighted by Crippen LogP contribution is -2.18. The van der Waals surface area contributed by atoms with E-state index in [1.807, 2.05) is 25.1 Å². The van der Waals surface area contributed by atoms with Crippen molar-refractivity contribution in [1.29, 1.82) is 0 Å². The number of rotatable bonds is 4. The summed E-state index contributed by atoms with van der Waals surface area (Å²) in [5.74, 6) is 0.302. The molecule has 1 aromatic heterocycles. The molecule has 20 heavy (non-hydrogen) atoms. The molecule has 6 heteroatoms. The molecule has 2 rings (SSSR count). The molecule has 106 valence electrons. The lowest BCUT2D eigenvalue weighted by atomic mass is 10.0. The highest BCUT2D eigenvalue weighted by Crippen LogP contribution is 2.29. The molecule has 1 aliphatic carbocycles. The Morgan fingerprint density at radius 2 is 2.15 bits per heavy atom. The molecule has 0 saturated heterocycles. The monoisotopic (exact) mass is 275 g/mol. The maximum absolute atomic E-state index is 11.4. The predicted octanol–water partition coefficient (Wildman–Crippen LogP) is 1.35. The number of amides is 1. The van der Waals surface area contributed by atoms with Crippen molar-refractivity contribution >= 4 is 17.4 Å². The van der Waals surface area contributed by atoms with Crippen LogP contribution < -0.4 is 10.5 Å². The number of allylic oxidation sites excluding steroid dienone is 2. The maximum atomic E-state index is 11.4. The quantitative estimate of drug-likeness (QED) is 0.896. The second-order valence-electron chi connectivity index (χ2n) is 4.94. The Hall–Kier alpha value is -2.21. The van der Waals surface area contributed by atoms with E-state index in [4.69, 9.17) is 10.5 Å². The highest BCUT2D eigenvalue weighted by Gasteiger charge is 2.18. The zero-order valence-corrected chi connectivity index (χ0v) is 11.5. The first kappa shape index (κ1) is 14.2. The Morgan fingerprint density at radius 1 is 1.40 bits per heavy atom. The summed E-state index contributed by atoms with van der Waals surface area (Å²) < 4.78 is 4.80. The van der Waals surface area contributed by atoms with E-state index in [2.05, 4.69) is 4.98 Å². The van der Waals surface area contributed by atoms with Crippen molar-refractivity contribution < 1.29 is 14.3 Å². The number of carbonyl (C=O) groups is 2. The number of ketones is 1. The van der Waals surface area contributed by atoms with Crippen LogP contribution in [0.15, 0.2) is 18.2 Å². The minimum Gasteiger partial charge on any atom is -0.391 e. The zero-order valence-electron chi connectivity index (χ0n) is 11.5. The van der Waals surface area contributed by atoms with Gasteiger partial charge in [-0.3, -0.25) is 4.79 Å². The standard InChI is InChI=1S/C14H17N3O3/c1-17(2)8-12-11(9-3-4-10(18)7-9)5-6-13(16-12)20-14(15)19/h5-7H,3-4,8H2,1-2H3,(H2,15,19). The van der Waals surface area contributed by atoms with E-state index >= 15 is 0 Å². The maximum Gasteiger partial charge on any atom is 0.411 e. The highest BCUT2D eigenvalue weighted by atomic mass is 16.6. The Kier molecular flexibility index (Phi) is 4.14. The van der Waals surface area contributed by atoms with E-state index in [-0.39, 0.29) is 11.7 Å². The number of ether oxygens (including phenoxy) is 1. The number of hydrogen-bond donors (Lipinski definition) is 1. The first-order chi connectivity index (χ1) is 9.45. The number of aromatic nitrogens is 1. The summed E-state index contributed by atoms with van der Waals surface area (Å²) in [5, 5.41) is 0. The molecule has 0 radical (unpaired) electrons. The predicted molar refractivity (Wildman–Crippen MR) is 74.1 cm³/mol. The fourth-order valence-electron chi connectivity index (χ4n) is 2.16. The Bertz CT molecular complexity index is 579. The summed E-state index contributed by atoms with van der Waals surface area (Å²) in [7, 11) is 3.84. The second-order valence-corrected chi connectivity index (χ2v) is 4.94. The van der Waals surface area contributed by atoms with Crippen molar-refractivity contribution in [2.75, 3.05) is 14.1 Å². The van der Waals surface area contributed by atoms with Crippen LogP contribution in [-0.2, 0) is 11.3 Å². The number of primary amides is 1. The number of pyridine rings is 1. The van der Waals surface area contributed by atoms with Crippen molar-refractivity contribution in [2.45, 2.75) is 19.4 Å². The second kappa shape index (κ2) is 5.83. The van der Waals surface area contributed by atoms with Gasteiger partial charge in [0.05, 0.1) is 5.69 Å². The molecule has 0 aliphatic heterocycles. The van der Waals surface area contributed by atoms with Gasteiger partial charge in [0.1, 0.15) is 0 Å². The number of nitrogens with two attached hydrogens (primary N) is 1. The van der Waals surface area contributed by atoms with Crippen molar-refractivity contribution in [2.24, 2.45) is 5.73 Å². The average molecular weight is 275 g/mol. The first-order valence-electron chi connectivity index (χ1n) is 6.31. The molecule has 1 aliphatic rings. The van der Waals surface area contributed by atoms with Gasteiger partial charge < -0.3 is 15.4 Å². The van der Waals surface area contributed by atoms with Gasteiger partial charge in [0, 0.05) is 24.6 Å². The van der Waals surface area contributed by atoms with Gasteiger partial charge >= 0.3 is 6.09 Å². The largest absolute Gasteiger partial charge is 0.411 e. The molecular formula is C14H17N3O3. The van der Waals surface area contributed by atoms with Crippen LogP contribution >= 0.6 is 0 Å². The molecule has 0 aromatic carbocycles. The number of carbonyl (C=O) groups excluding carboxylic acids is 2. The molecule has 1 amide bonds. The molecule has 0 bridgehead atoms. The van der Waals surface area contributed by atoms with Gasteiger partial charge in [-0.25, -0.2) is 9.78 Å². The van der Waals surface area contributed by atoms with Crippen molar-refractivity contribution in [3.63, 3.8) is 0 Å². The Labute approximate surface area is 117 Å². The molecule has 0 unspecified atom stereocenters. The van der Waals surface area contributed by atoms with Gasteiger partial charge in [0.15, 0.2) is 5.78 Å². The third kappa shape index (κ3) is 3.42. The molecule has 6 nitrogen and oxygen atoms in total. The van der Waals surface area contributed by atoms with Gasteiger partial charge in [-0.1, -0.05) is 0 Å². The molecule has 1 heterocycles. The number of nitrogens with zero attached hydrogens (tertiary/aromatic N) is 2. The van der Waals surface area contributed by atoms with E-state index in [1.54, 1.807) is 12.1 Å². The minimum absolute atomic E-state index is 0.133. The van der Waals surface area contributed by atoms with E-state index in [0.717, 1.165) is 23.3 Å². The SMILES string of the molecule is CN(C)Cc1nc(OC(N)=O)ccc1C1=CC(=O)CC1. The van der Waals surface area contributed by atoms with Crippen molar-refractivity contribution in [1.82, 2.24) is 9.88 Å². The third-order valence-electron chi connectivity index (χ3n) is 2.94. The lowest BCUT2D eigenvalue weighted by Gasteiger charge is -2.14. The molecule has 1 aromatic rings. The summed E-state index contributed by atoms with van der Waals surface area (Å²) in [6.07, 6.45) is 2.02. The molecule has 0 saturated carbocycles. The summed E-state index contributed by atoms with van der Waals surface area (Å²) in [6, 6.07) is 3.40. The Balaban J connectivity index is 2.37. The van der Waals surface area contributed by atoms with Crippen molar-refractivity contribution in [3.8, 4) is 5.88 Å². The fraction of sp³-hybridized carbons (Fsp3) is 0.357. The molecule has 0 spiro atoms.